The van der Waals surface area contributed by atoms with Gasteiger partial charge >= 0.3 is 0 Å². The van der Waals surface area contributed by atoms with Gasteiger partial charge in [0.25, 0.3) is 0 Å². The maximum atomic E-state index is 5.54. The molecule has 0 fully saturated rings. The van der Waals surface area contributed by atoms with Gasteiger partial charge in [0.1, 0.15) is 0 Å². The quantitative estimate of drug-likeness (QED) is 0.600. The zero-order valence-electron chi connectivity index (χ0n) is 15.2. The van der Waals surface area contributed by atoms with Gasteiger partial charge in [0, 0.05) is 23.3 Å². The van der Waals surface area contributed by atoms with Crippen LogP contribution in [0.25, 0.3) is 10.9 Å². The molecule has 138 valence electrons. The maximum absolute atomic E-state index is 5.54. The molecule has 0 aliphatic heterocycles. The van der Waals surface area contributed by atoms with E-state index in [1.165, 1.54) is 80.1 Å². The Labute approximate surface area is 158 Å². The lowest BCUT2D eigenvalue weighted by Crippen LogP contribution is -2.12. The first-order chi connectivity index (χ1) is 11.9. The molecule has 1 aliphatic rings. The summed E-state index contributed by atoms with van der Waals surface area (Å²) in [6, 6.07) is 8.58. The Morgan fingerprint density at radius 3 is 2.48 bits per heavy atom. The number of para-hydroxylation sites is 1. The highest BCUT2D eigenvalue weighted by molar-refractivity contribution is 5.93. The number of hydrogen-bond donors (Lipinski definition) is 2. The Balaban J connectivity index is 0.00000225. The van der Waals surface area contributed by atoms with Crippen LogP contribution in [0, 0.1) is 0 Å². The highest BCUT2D eigenvalue weighted by atomic mass is 35.5. The van der Waals surface area contributed by atoms with Crippen molar-refractivity contribution in [1.82, 2.24) is 4.98 Å². The molecule has 0 saturated heterocycles. The third-order valence-corrected chi connectivity index (χ3v) is 5.10. The second-order valence-corrected chi connectivity index (χ2v) is 6.97. The summed E-state index contributed by atoms with van der Waals surface area (Å²) in [4.78, 5) is 4.91. The number of nitrogens with zero attached hydrogens (tertiary/aromatic N) is 1. The Hall–Kier alpha value is -1.32. The van der Waals surface area contributed by atoms with Crippen molar-refractivity contribution in [1.29, 1.82) is 0 Å². The number of fused-ring (bicyclic) bond motifs is 2. The minimum absolute atomic E-state index is 0. The Bertz CT molecular complexity index is 657. The number of nitrogens with one attached hydrogen (secondary N) is 1. The van der Waals surface area contributed by atoms with Crippen LogP contribution in [0.5, 0.6) is 0 Å². The van der Waals surface area contributed by atoms with E-state index in [0.717, 1.165) is 25.0 Å². The number of aromatic nitrogens is 1. The lowest BCUT2D eigenvalue weighted by atomic mass is 9.92. The van der Waals surface area contributed by atoms with Gasteiger partial charge in [-0.25, -0.2) is 0 Å². The van der Waals surface area contributed by atoms with E-state index in [9.17, 15) is 0 Å². The van der Waals surface area contributed by atoms with Crippen LogP contribution in [0.4, 0.5) is 5.69 Å². The topological polar surface area (TPSA) is 50.9 Å². The fourth-order valence-electron chi connectivity index (χ4n) is 3.76. The predicted molar refractivity (Wildman–Crippen MR) is 111 cm³/mol. The molecule has 0 radical (unpaired) electrons. The molecule has 0 bridgehead atoms. The van der Waals surface area contributed by atoms with Crippen LogP contribution >= 0.6 is 12.4 Å². The number of aryl methyl sites for hydroxylation is 1. The molecule has 0 saturated carbocycles. The maximum Gasteiger partial charge on any atom is 0.0726 e. The molecule has 0 amide bonds. The van der Waals surface area contributed by atoms with Crippen LogP contribution in [0.1, 0.15) is 62.6 Å². The molecule has 3 nitrogen and oxygen atoms in total. The van der Waals surface area contributed by atoms with Gasteiger partial charge in [-0.2, -0.15) is 0 Å². The number of pyridine rings is 1. The summed E-state index contributed by atoms with van der Waals surface area (Å²) in [6.07, 6.45) is 12.5. The molecule has 0 unspecified atom stereocenters. The van der Waals surface area contributed by atoms with Crippen molar-refractivity contribution in [2.45, 2.75) is 64.2 Å². The molecule has 2 aromatic rings. The van der Waals surface area contributed by atoms with Crippen molar-refractivity contribution in [3.8, 4) is 0 Å². The van der Waals surface area contributed by atoms with E-state index < -0.39 is 0 Å². The summed E-state index contributed by atoms with van der Waals surface area (Å²) < 4.78 is 0. The average Bonchev–Trinajstić information content (AvgIpc) is 2.63. The fourth-order valence-corrected chi connectivity index (χ4v) is 3.76. The summed E-state index contributed by atoms with van der Waals surface area (Å²) in [6.45, 7) is 1.90. The van der Waals surface area contributed by atoms with Crippen LogP contribution < -0.4 is 11.1 Å². The lowest BCUT2D eigenvalue weighted by molar-refractivity contribution is 0.605. The molecule has 1 aliphatic carbocycles. The summed E-state index contributed by atoms with van der Waals surface area (Å²) in [5.74, 6) is 0. The molecule has 1 aromatic heterocycles. The zero-order valence-corrected chi connectivity index (χ0v) is 16.0. The minimum Gasteiger partial charge on any atom is -0.384 e. The van der Waals surface area contributed by atoms with E-state index in [1.54, 1.807) is 0 Å². The number of halogens is 1. The monoisotopic (exact) mass is 361 g/mol. The van der Waals surface area contributed by atoms with Crippen molar-refractivity contribution in [2.24, 2.45) is 5.73 Å². The van der Waals surface area contributed by atoms with Crippen molar-refractivity contribution >= 4 is 29.0 Å². The van der Waals surface area contributed by atoms with E-state index in [0.29, 0.717) is 0 Å². The van der Waals surface area contributed by atoms with Crippen molar-refractivity contribution in [3.63, 3.8) is 0 Å². The molecule has 4 heteroatoms. The highest BCUT2D eigenvalue weighted by Gasteiger charge is 2.17. The second kappa shape index (κ2) is 10.6. The zero-order chi connectivity index (χ0) is 16.6. The number of rotatable bonds is 9. The Morgan fingerprint density at radius 2 is 1.64 bits per heavy atom. The SMILES string of the molecule is Cl.NCCCCCCCCNc1c2c(nc3ccccc13)CCCC2. The Morgan fingerprint density at radius 1 is 0.920 bits per heavy atom. The van der Waals surface area contributed by atoms with E-state index in [4.69, 9.17) is 10.7 Å². The van der Waals surface area contributed by atoms with Gasteiger partial charge in [0.2, 0.25) is 0 Å². The third kappa shape index (κ3) is 5.32. The van der Waals surface area contributed by atoms with Gasteiger partial charge < -0.3 is 11.1 Å². The van der Waals surface area contributed by atoms with Gasteiger partial charge in [-0.1, -0.05) is 43.9 Å². The van der Waals surface area contributed by atoms with Gasteiger partial charge in [0.05, 0.1) is 5.52 Å². The number of nitrogens with two attached hydrogens (primary N) is 1. The van der Waals surface area contributed by atoms with Crippen LogP contribution in [-0.4, -0.2) is 18.1 Å². The summed E-state index contributed by atoms with van der Waals surface area (Å²) in [5, 5.41) is 5.05. The molecule has 3 N–H and O–H groups in total. The Kier molecular flexibility index (Phi) is 8.50. The number of hydrogen-bond acceptors (Lipinski definition) is 3. The predicted octanol–water partition coefficient (Wildman–Crippen LogP) is 5.25. The standard InChI is InChI=1S/C21H31N3.ClH/c22-15-9-3-1-2-4-10-16-23-21-17-11-5-7-13-19(17)24-20-14-8-6-12-18(20)21;/h5,7,11,13H,1-4,6,8-10,12,14-16,22H2,(H,23,24);1H. The molecule has 1 aromatic carbocycles. The van der Waals surface area contributed by atoms with E-state index in [1.807, 2.05) is 0 Å². The first-order valence-corrected chi connectivity index (χ1v) is 9.74. The van der Waals surface area contributed by atoms with Gasteiger partial charge in [-0.15, -0.1) is 12.4 Å². The minimum atomic E-state index is 0. The first kappa shape index (κ1) is 20.0. The molecule has 3 rings (SSSR count). The molecule has 0 spiro atoms. The summed E-state index contributed by atoms with van der Waals surface area (Å²) >= 11 is 0. The second-order valence-electron chi connectivity index (χ2n) is 6.97. The van der Waals surface area contributed by atoms with Crippen LogP contribution in [0.15, 0.2) is 24.3 Å². The first-order valence-electron chi connectivity index (χ1n) is 9.74. The van der Waals surface area contributed by atoms with Crippen molar-refractivity contribution in [2.75, 3.05) is 18.4 Å². The van der Waals surface area contributed by atoms with Gasteiger partial charge in [0.15, 0.2) is 0 Å². The van der Waals surface area contributed by atoms with E-state index in [2.05, 4.69) is 29.6 Å². The van der Waals surface area contributed by atoms with E-state index >= 15 is 0 Å². The molecular formula is C21H32ClN3. The van der Waals surface area contributed by atoms with Crippen LogP contribution in [0.2, 0.25) is 0 Å². The van der Waals surface area contributed by atoms with Crippen molar-refractivity contribution in [3.05, 3.63) is 35.5 Å². The van der Waals surface area contributed by atoms with Gasteiger partial charge in [-0.3, -0.25) is 4.98 Å². The summed E-state index contributed by atoms with van der Waals surface area (Å²) in [7, 11) is 0. The van der Waals surface area contributed by atoms with Gasteiger partial charge in [-0.05, 0) is 56.7 Å². The highest BCUT2D eigenvalue weighted by Crippen LogP contribution is 2.33. The number of benzene rings is 1. The molecule has 0 atom stereocenters. The molecule has 25 heavy (non-hydrogen) atoms. The number of unbranched alkanes of at least 4 members (excludes halogenated alkanes) is 5. The largest absolute Gasteiger partial charge is 0.384 e. The van der Waals surface area contributed by atoms with Crippen molar-refractivity contribution < 1.29 is 0 Å². The number of anilines is 1. The van der Waals surface area contributed by atoms with Crippen LogP contribution in [-0.2, 0) is 12.8 Å². The lowest BCUT2D eigenvalue weighted by Gasteiger charge is -2.21. The third-order valence-electron chi connectivity index (χ3n) is 5.10. The van der Waals surface area contributed by atoms with Crippen LogP contribution in [0.3, 0.4) is 0 Å². The molecule has 1 heterocycles. The average molecular weight is 362 g/mol. The fraction of sp³-hybridized carbons (Fsp3) is 0.571. The smallest absolute Gasteiger partial charge is 0.0726 e. The normalized spacial score (nSPS) is 13.3. The van der Waals surface area contributed by atoms with E-state index in [-0.39, 0.29) is 12.4 Å². The molecular weight excluding hydrogens is 330 g/mol. The summed E-state index contributed by atoms with van der Waals surface area (Å²) in [5.41, 5.74) is 10.8.